The van der Waals surface area contributed by atoms with Gasteiger partial charge in [0.2, 0.25) is 5.95 Å². The summed E-state index contributed by atoms with van der Waals surface area (Å²) in [4.78, 5) is 0. The van der Waals surface area contributed by atoms with Crippen molar-refractivity contribution in [2.24, 2.45) is 0 Å². The fraction of sp³-hybridized carbons (Fsp3) is 0.500. The van der Waals surface area contributed by atoms with Crippen LogP contribution in [0.2, 0.25) is 0 Å². The van der Waals surface area contributed by atoms with E-state index in [0.29, 0.717) is 11.0 Å². The first-order valence-electron chi connectivity index (χ1n) is 3.12. The van der Waals surface area contributed by atoms with Gasteiger partial charge in [-0.15, -0.1) is 0 Å². The van der Waals surface area contributed by atoms with Gasteiger partial charge >= 0.3 is 0 Å². The van der Waals surface area contributed by atoms with Gasteiger partial charge in [-0.1, -0.05) is 6.92 Å². The number of hydrogen-bond donors (Lipinski definition) is 0. The predicted octanol–water partition coefficient (Wildman–Crippen LogP) is 2.19. The number of aromatic nitrogens is 2. The summed E-state index contributed by atoms with van der Waals surface area (Å²) >= 11 is 3.03. The lowest BCUT2D eigenvalue weighted by Gasteiger charge is -1.96. The second kappa shape index (κ2) is 3.14. The quantitative estimate of drug-likeness (QED) is 0.726. The Morgan fingerprint density at radius 2 is 2.50 bits per heavy atom. The SMILES string of the molecule is CCCn1ncc(Br)c1F. The molecule has 0 atom stereocenters. The van der Waals surface area contributed by atoms with E-state index in [2.05, 4.69) is 21.0 Å². The number of halogens is 2. The van der Waals surface area contributed by atoms with Crippen LogP contribution in [0, 0.1) is 5.95 Å². The molecule has 2 nitrogen and oxygen atoms in total. The van der Waals surface area contributed by atoms with Gasteiger partial charge in [-0.3, -0.25) is 0 Å². The summed E-state index contributed by atoms with van der Waals surface area (Å²) in [5.74, 6) is -0.290. The highest BCUT2D eigenvalue weighted by Crippen LogP contribution is 2.13. The van der Waals surface area contributed by atoms with Gasteiger partial charge in [0.1, 0.15) is 0 Å². The normalized spacial score (nSPS) is 10.3. The van der Waals surface area contributed by atoms with E-state index >= 15 is 0 Å². The molecule has 0 aliphatic rings. The predicted molar refractivity (Wildman–Crippen MR) is 40.2 cm³/mol. The molecule has 1 rings (SSSR count). The monoisotopic (exact) mass is 206 g/mol. The minimum atomic E-state index is -0.290. The average Bonchev–Trinajstić information content (AvgIpc) is 2.20. The van der Waals surface area contributed by atoms with E-state index in [1.807, 2.05) is 6.92 Å². The third-order valence-electron chi connectivity index (χ3n) is 1.17. The van der Waals surface area contributed by atoms with E-state index in [4.69, 9.17) is 0 Å². The summed E-state index contributed by atoms with van der Waals surface area (Å²) in [6.07, 6.45) is 2.36. The molecule has 0 saturated heterocycles. The Balaban J connectivity index is 2.83. The number of hydrogen-bond acceptors (Lipinski definition) is 1. The third kappa shape index (κ3) is 1.37. The molecule has 0 N–H and O–H groups in total. The van der Waals surface area contributed by atoms with Crippen molar-refractivity contribution in [3.63, 3.8) is 0 Å². The molecule has 0 saturated carbocycles. The van der Waals surface area contributed by atoms with E-state index in [-0.39, 0.29) is 5.95 Å². The van der Waals surface area contributed by atoms with Crippen molar-refractivity contribution < 1.29 is 4.39 Å². The van der Waals surface area contributed by atoms with Gasteiger partial charge in [0.05, 0.1) is 10.7 Å². The largest absolute Gasteiger partial charge is 0.239 e. The van der Waals surface area contributed by atoms with E-state index in [1.165, 1.54) is 10.9 Å². The minimum Gasteiger partial charge on any atom is -0.239 e. The Morgan fingerprint density at radius 1 is 1.80 bits per heavy atom. The van der Waals surface area contributed by atoms with Crippen molar-refractivity contribution >= 4 is 15.9 Å². The lowest BCUT2D eigenvalue weighted by atomic mass is 10.5. The summed E-state index contributed by atoms with van der Waals surface area (Å²) in [5.41, 5.74) is 0. The number of nitrogens with zero attached hydrogens (tertiary/aromatic N) is 2. The molecule has 0 radical (unpaired) electrons. The van der Waals surface area contributed by atoms with Crippen LogP contribution in [0.5, 0.6) is 0 Å². The fourth-order valence-electron chi connectivity index (χ4n) is 0.715. The Morgan fingerprint density at radius 3 is 2.90 bits per heavy atom. The molecule has 0 fully saturated rings. The molecule has 0 aromatic carbocycles. The molecule has 56 valence electrons. The minimum absolute atomic E-state index is 0.290. The molecule has 1 heterocycles. The lowest BCUT2D eigenvalue weighted by Crippen LogP contribution is -2.01. The molecular weight excluding hydrogens is 199 g/mol. The van der Waals surface area contributed by atoms with Gasteiger partial charge in [-0.2, -0.15) is 9.49 Å². The van der Waals surface area contributed by atoms with Crippen LogP contribution in [-0.2, 0) is 6.54 Å². The Labute approximate surface area is 67.2 Å². The Hall–Kier alpha value is -0.380. The molecule has 1 aromatic heterocycles. The van der Waals surface area contributed by atoms with Crippen LogP contribution in [0.25, 0.3) is 0 Å². The van der Waals surface area contributed by atoms with E-state index in [0.717, 1.165) is 6.42 Å². The van der Waals surface area contributed by atoms with Crippen LogP contribution in [0.15, 0.2) is 10.7 Å². The molecular formula is C6H8BrFN2. The standard InChI is InChI=1S/C6H8BrFN2/c1-2-3-10-6(8)5(7)4-9-10/h4H,2-3H2,1H3. The zero-order valence-corrected chi connectivity index (χ0v) is 7.23. The van der Waals surface area contributed by atoms with Crippen molar-refractivity contribution in [3.05, 3.63) is 16.6 Å². The molecule has 10 heavy (non-hydrogen) atoms. The van der Waals surface area contributed by atoms with Crippen LogP contribution < -0.4 is 0 Å². The first kappa shape index (κ1) is 7.72. The summed E-state index contributed by atoms with van der Waals surface area (Å²) < 4.78 is 14.6. The summed E-state index contributed by atoms with van der Waals surface area (Å²) in [6, 6.07) is 0. The summed E-state index contributed by atoms with van der Waals surface area (Å²) in [7, 11) is 0. The van der Waals surface area contributed by atoms with Gasteiger partial charge < -0.3 is 0 Å². The first-order chi connectivity index (χ1) is 4.75. The molecule has 0 bridgehead atoms. The van der Waals surface area contributed by atoms with Crippen molar-refractivity contribution in [1.82, 2.24) is 9.78 Å². The average molecular weight is 207 g/mol. The Bertz CT molecular complexity index is 222. The van der Waals surface area contributed by atoms with E-state index in [1.54, 1.807) is 0 Å². The lowest BCUT2D eigenvalue weighted by molar-refractivity contribution is 0.450. The maximum atomic E-state index is 12.8. The van der Waals surface area contributed by atoms with Crippen LogP contribution >= 0.6 is 15.9 Å². The van der Waals surface area contributed by atoms with E-state index < -0.39 is 0 Å². The van der Waals surface area contributed by atoms with Crippen LogP contribution in [-0.4, -0.2) is 9.78 Å². The smallest absolute Gasteiger partial charge is 0.225 e. The zero-order valence-electron chi connectivity index (χ0n) is 5.64. The number of aryl methyl sites for hydroxylation is 1. The van der Waals surface area contributed by atoms with Crippen LogP contribution in [0.1, 0.15) is 13.3 Å². The topological polar surface area (TPSA) is 17.8 Å². The Kier molecular flexibility index (Phi) is 2.43. The summed E-state index contributed by atoms with van der Waals surface area (Å²) in [6.45, 7) is 2.62. The second-order valence-corrected chi connectivity index (χ2v) is 2.86. The van der Waals surface area contributed by atoms with Gasteiger partial charge in [-0.05, 0) is 22.4 Å². The van der Waals surface area contributed by atoms with Gasteiger partial charge in [0.15, 0.2) is 0 Å². The van der Waals surface area contributed by atoms with Crippen LogP contribution in [0.3, 0.4) is 0 Å². The highest BCUT2D eigenvalue weighted by atomic mass is 79.9. The number of rotatable bonds is 2. The van der Waals surface area contributed by atoms with Crippen molar-refractivity contribution in [2.75, 3.05) is 0 Å². The molecule has 0 unspecified atom stereocenters. The molecule has 1 aromatic rings. The van der Waals surface area contributed by atoms with Crippen molar-refractivity contribution in [1.29, 1.82) is 0 Å². The maximum Gasteiger partial charge on any atom is 0.225 e. The molecule has 4 heteroatoms. The molecule has 0 amide bonds. The highest BCUT2D eigenvalue weighted by molar-refractivity contribution is 9.10. The molecule has 0 aliphatic heterocycles. The van der Waals surface area contributed by atoms with Crippen molar-refractivity contribution in [3.8, 4) is 0 Å². The maximum absolute atomic E-state index is 12.8. The first-order valence-corrected chi connectivity index (χ1v) is 3.91. The van der Waals surface area contributed by atoms with Crippen LogP contribution in [0.4, 0.5) is 4.39 Å². The highest BCUT2D eigenvalue weighted by Gasteiger charge is 2.04. The fourth-order valence-corrected chi connectivity index (χ4v) is 1.01. The molecule has 0 spiro atoms. The third-order valence-corrected chi connectivity index (χ3v) is 1.70. The van der Waals surface area contributed by atoms with E-state index in [9.17, 15) is 4.39 Å². The zero-order chi connectivity index (χ0) is 7.56. The van der Waals surface area contributed by atoms with Gasteiger partial charge in [0, 0.05) is 6.54 Å². The summed E-state index contributed by atoms with van der Waals surface area (Å²) in [5, 5.41) is 3.80. The van der Waals surface area contributed by atoms with Gasteiger partial charge in [0.25, 0.3) is 0 Å². The van der Waals surface area contributed by atoms with Gasteiger partial charge in [-0.25, -0.2) is 4.68 Å². The molecule has 0 aliphatic carbocycles. The van der Waals surface area contributed by atoms with Crippen molar-refractivity contribution in [2.45, 2.75) is 19.9 Å². The second-order valence-electron chi connectivity index (χ2n) is 2.01.